The molecule has 0 saturated heterocycles. The van der Waals surface area contributed by atoms with Crippen molar-refractivity contribution < 1.29 is 4.74 Å². The summed E-state index contributed by atoms with van der Waals surface area (Å²) in [6.45, 7) is 4.40. The van der Waals surface area contributed by atoms with Crippen LogP contribution in [0.1, 0.15) is 45.4 Å². The highest BCUT2D eigenvalue weighted by atomic mass is 127. The lowest BCUT2D eigenvalue weighted by molar-refractivity contribution is 0.0281. The predicted molar refractivity (Wildman–Crippen MR) is 83.0 cm³/mol. The van der Waals surface area contributed by atoms with E-state index in [2.05, 4.69) is 10.3 Å². The van der Waals surface area contributed by atoms with Gasteiger partial charge in [0.25, 0.3) is 0 Å². The Morgan fingerprint density at radius 3 is 2.71 bits per heavy atom. The van der Waals surface area contributed by atoms with Crippen LogP contribution >= 0.6 is 24.0 Å². The van der Waals surface area contributed by atoms with Gasteiger partial charge in [0.2, 0.25) is 0 Å². The minimum absolute atomic E-state index is 0. The first-order chi connectivity index (χ1) is 7.83. The second kappa shape index (κ2) is 11.1. The van der Waals surface area contributed by atoms with Crippen molar-refractivity contribution in [2.75, 3.05) is 19.7 Å². The number of nitrogens with zero attached hydrogens (tertiary/aromatic N) is 1. The fourth-order valence-electron chi connectivity index (χ4n) is 1.98. The molecule has 0 radical (unpaired) electrons. The van der Waals surface area contributed by atoms with E-state index >= 15 is 0 Å². The molecule has 0 heterocycles. The zero-order valence-corrected chi connectivity index (χ0v) is 13.1. The van der Waals surface area contributed by atoms with Crippen LogP contribution in [0.4, 0.5) is 0 Å². The molecule has 0 unspecified atom stereocenters. The standard InChI is InChI=1S/C12H25N3O.HI/c1-2-14-12(13)15-9-6-10-16-11-7-4-3-5-8-11;/h11H,2-10H2,1H3,(H3,13,14,15);1H. The predicted octanol–water partition coefficient (Wildman–Crippen LogP) is 2.27. The Kier molecular flexibility index (Phi) is 11.0. The van der Waals surface area contributed by atoms with Crippen LogP contribution in [0.5, 0.6) is 0 Å². The van der Waals surface area contributed by atoms with E-state index < -0.39 is 0 Å². The van der Waals surface area contributed by atoms with Crippen LogP contribution < -0.4 is 11.1 Å². The van der Waals surface area contributed by atoms with Gasteiger partial charge in [0.05, 0.1) is 6.10 Å². The Hall–Kier alpha value is -0.0400. The summed E-state index contributed by atoms with van der Waals surface area (Å²) < 4.78 is 5.79. The first-order valence-electron chi connectivity index (χ1n) is 6.48. The number of rotatable bonds is 6. The van der Waals surface area contributed by atoms with E-state index in [9.17, 15) is 0 Å². The second-order valence-corrected chi connectivity index (χ2v) is 4.28. The summed E-state index contributed by atoms with van der Waals surface area (Å²) in [5.41, 5.74) is 5.61. The number of nitrogens with two attached hydrogens (primary N) is 1. The summed E-state index contributed by atoms with van der Waals surface area (Å²) in [6, 6.07) is 0. The Bertz CT molecular complexity index is 206. The number of hydrogen-bond donors (Lipinski definition) is 2. The van der Waals surface area contributed by atoms with Gasteiger partial charge in [-0.3, -0.25) is 4.99 Å². The minimum Gasteiger partial charge on any atom is -0.378 e. The Balaban J connectivity index is 0.00000256. The van der Waals surface area contributed by atoms with E-state index in [-0.39, 0.29) is 24.0 Å². The maximum Gasteiger partial charge on any atom is 0.188 e. The molecule has 1 rings (SSSR count). The number of aliphatic imine (C=N–C) groups is 1. The van der Waals surface area contributed by atoms with Crippen LogP contribution in [0.15, 0.2) is 4.99 Å². The molecule has 0 aromatic rings. The molecule has 3 N–H and O–H groups in total. The van der Waals surface area contributed by atoms with Gasteiger partial charge in [-0.15, -0.1) is 24.0 Å². The fourth-order valence-corrected chi connectivity index (χ4v) is 1.98. The molecule has 0 spiro atoms. The van der Waals surface area contributed by atoms with Gasteiger partial charge in [-0.1, -0.05) is 19.3 Å². The Labute approximate surface area is 122 Å². The smallest absolute Gasteiger partial charge is 0.188 e. The number of halogens is 1. The third-order valence-corrected chi connectivity index (χ3v) is 2.85. The first-order valence-corrected chi connectivity index (χ1v) is 6.48. The highest BCUT2D eigenvalue weighted by Gasteiger charge is 2.12. The van der Waals surface area contributed by atoms with E-state index in [4.69, 9.17) is 10.5 Å². The molecule has 0 atom stereocenters. The maximum absolute atomic E-state index is 5.79. The number of guanidine groups is 1. The number of nitrogens with one attached hydrogen (secondary N) is 1. The molecule has 0 bridgehead atoms. The molecule has 0 aromatic carbocycles. The average Bonchev–Trinajstić information content (AvgIpc) is 2.30. The highest BCUT2D eigenvalue weighted by molar-refractivity contribution is 14.0. The third kappa shape index (κ3) is 8.65. The topological polar surface area (TPSA) is 59.6 Å². The van der Waals surface area contributed by atoms with E-state index in [0.717, 1.165) is 26.1 Å². The number of hydrogen-bond acceptors (Lipinski definition) is 2. The van der Waals surface area contributed by atoms with Crippen LogP contribution in [0.3, 0.4) is 0 Å². The van der Waals surface area contributed by atoms with Gasteiger partial charge in [-0.2, -0.15) is 0 Å². The number of ether oxygens (including phenoxy) is 1. The summed E-state index contributed by atoms with van der Waals surface area (Å²) in [6.07, 6.45) is 7.98. The highest BCUT2D eigenvalue weighted by Crippen LogP contribution is 2.20. The molecule has 0 aromatic heterocycles. The van der Waals surface area contributed by atoms with Crippen molar-refractivity contribution in [1.29, 1.82) is 0 Å². The fraction of sp³-hybridized carbons (Fsp3) is 0.917. The van der Waals surface area contributed by atoms with E-state index in [1.165, 1.54) is 32.1 Å². The molecule has 1 aliphatic rings. The van der Waals surface area contributed by atoms with Gasteiger partial charge in [0.1, 0.15) is 0 Å². The van der Waals surface area contributed by atoms with E-state index in [1.54, 1.807) is 0 Å². The van der Waals surface area contributed by atoms with Gasteiger partial charge in [0, 0.05) is 19.7 Å². The first kappa shape index (κ1) is 17.0. The summed E-state index contributed by atoms with van der Waals surface area (Å²) in [4.78, 5) is 4.20. The molecular weight excluding hydrogens is 329 g/mol. The third-order valence-electron chi connectivity index (χ3n) is 2.85. The van der Waals surface area contributed by atoms with Crippen molar-refractivity contribution in [1.82, 2.24) is 5.32 Å². The Morgan fingerprint density at radius 1 is 1.35 bits per heavy atom. The normalized spacial score (nSPS) is 17.6. The van der Waals surface area contributed by atoms with E-state index in [0.29, 0.717) is 12.1 Å². The van der Waals surface area contributed by atoms with Crippen molar-refractivity contribution in [2.45, 2.75) is 51.6 Å². The molecule has 0 amide bonds. The van der Waals surface area contributed by atoms with Gasteiger partial charge in [-0.05, 0) is 26.2 Å². The monoisotopic (exact) mass is 355 g/mol. The molecular formula is C12H26IN3O. The molecule has 102 valence electrons. The molecule has 5 heteroatoms. The van der Waals surface area contributed by atoms with Crippen molar-refractivity contribution >= 4 is 29.9 Å². The van der Waals surface area contributed by atoms with Gasteiger partial charge in [-0.25, -0.2) is 0 Å². The van der Waals surface area contributed by atoms with Crippen LogP contribution in [0.2, 0.25) is 0 Å². The largest absolute Gasteiger partial charge is 0.378 e. The summed E-state index contributed by atoms with van der Waals surface area (Å²) in [5, 5.41) is 2.97. The zero-order valence-electron chi connectivity index (χ0n) is 10.8. The maximum atomic E-state index is 5.79. The molecule has 4 nitrogen and oxygen atoms in total. The average molecular weight is 355 g/mol. The lowest BCUT2D eigenvalue weighted by atomic mass is 9.98. The lowest BCUT2D eigenvalue weighted by Gasteiger charge is -2.21. The van der Waals surface area contributed by atoms with Crippen molar-refractivity contribution in [3.63, 3.8) is 0 Å². The van der Waals surface area contributed by atoms with E-state index in [1.807, 2.05) is 6.92 Å². The Morgan fingerprint density at radius 2 is 2.06 bits per heavy atom. The van der Waals surface area contributed by atoms with Gasteiger partial charge in [0.15, 0.2) is 5.96 Å². The molecule has 1 aliphatic carbocycles. The van der Waals surface area contributed by atoms with Crippen LogP contribution in [0.25, 0.3) is 0 Å². The minimum atomic E-state index is 0. The van der Waals surface area contributed by atoms with Crippen LogP contribution in [-0.2, 0) is 4.74 Å². The van der Waals surface area contributed by atoms with Gasteiger partial charge >= 0.3 is 0 Å². The summed E-state index contributed by atoms with van der Waals surface area (Å²) in [7, 11) is 0. The van der Waals surface area contributed by atoms with Crippen molar-refractivity contribution in [3.8, 4) is 0 Å². The lowest BCUT2D eigenvalue weighted by Crippen LogP contribution is -2.31. The van der Waals surface area contributed by atoms with Crippen LogP contribution in [-0.4, -0.2) is 31.8 Å². The SMILES string of the molecule is CCNC(N)=NCCCOC1CCCCC1.I. The second-order valence-electron chi connectivity index (χ2n) is 4.28. The van der Waals surface area contributed by atoms with Crippen LogP contribution in [0, 0.1) is 0 Å². The van der Waals surface area contributed by atoms with Crippen molar-refractivity contribution in [3.05, 3.63) is 0 Å². The zero-order chi connectivity index (χ0) is 11.6. The van der Waals surface area contributed by atoms with Crippen molar-refractivity contribution in [2.24, 2.45) is 10.7 Å². The quantitative estimate of drug-likeness (QED) is 0.333. The van der Waals surface area contributed by atoms with Gasteiger partial charge < -0.3 is 15.8 Å². The summed E-state index contributed by atoms with van der Waals surface area (Å²) in [5.74, 6) is 0.542. The molecule has 0 aliphatic heterocycles. The molecule has 17 heavy (non-hydrogen) atoms. The molecule has 1 saturated carbocycles. The molecule has 1 fully saturated rings. The summed E-state index contributed by atoms with van der Waals surface area (Å²) >= 11 is 0.